The maximum Gasteiger partial charge on any atom is 0.131 e. The van der Waals surface area contributed by atoms with Gasteiger partial charge in [-0.05, 0) is 46.5 Å². The number of halogens is 2. The Hall–Kier alpha value is -1.25. The molecular formula is C18H18BrClN4OS. The van der Waals surface area contributed by atoms with E-state index in [9.17, 15) is 0 Å². The molecule has 0 bridgehead atoms. The van der Waals surface area contributed by atoms with Gasteiger partial charge in [0.1, 0.15) is 11.3 Å². The highest BCUT2D eigenvalue weighted by atomic mass is 79.9. The van der Waals surface area contributed by atoms with Gasteiger partial charge in [-0.3, -0.25) is 4.98 Å². The normalized spacial score (nSPS) is 20.4. The third-order valence-corrected chi connectivity index (χ3v) is 6.97. The number of fused-ring (bicyclic) bond motifs is 1. The monoisotopic (exact) mass is 452 g/mol. The van der Waals surface area contributed by atoms with E-state index in [1.54, 1.807) is 23.7 Å². The lowest BCUT2D eigenvalue weighted by Crippen LogP contribution is -2.34. The van der Waals surface area contributed by atoms with E-state index >= 15 is 0 Å². The Balaban J connectivity index is 1.70. The molecule has 0 aromatic carbocycles. The molecule has 0 aliphatic carbocycles. The summed E-state index contributed by atoms with van der Waals surface area (Å²) >= 11 is 11.6. The molecule has 0 amide bonds. The molecule has 0 spiro atoms. The molecule has 1 saturated heterocycles. The summed E-state index contributed by atoms with van der Waals surface area (Å²) in [6.45, 7) is 1.42. The zero-order valence-electron chi connectivity index (χ0n) is 13.9. The van der Waals surface area contributed by atoms with Crippen molar-refractivity contribution >= 4 is 54.8 Å². The number of ether oxygens (including phenoxy) is 1. The van der Waals surface area contributed by atoms with Gasteiger partial charge in [0.05, 0.1) is 25.3 Å². The lowest BCUT2D eigenvalue weighted by molar-refractivity contribution is 0.00202. The highest BCUT2D eigenvalue weighted by Crippen LogP contribution is 2.45. The fraction of sp³-hybridized carbons (Fsp3) is 0.333. The number of anilines is 1. The molecule has 0 radical (unpaired) electrons. The van der Waals surface area contributed by atoms with Crippen molar-refractivity contribution in [2.75, 3.05) is 11.9 Å². The third kappa shape index (κ3) is 3.59. The maximum absolute atomic E-state index is 6.30. The SMILES string of the molecule is N[C@H]1CCCO[C@@H]1c1sc2c(NCc3ccncc3)cc(Cl)nc2c1Br. The number of pyridine rings is 2. The molecule has 8 heteroatoms. The molecule has 3 N–H and O–H groups in total. The first-order chi connectivity index (χ1) is 12.6. The Morgan fingerprint density at radius 3 is 2.96 bits per heavy atom. The smallest absolute Gasteiger partial charge is 0.131 e. The van der Waals surface area contributed by atoms with E-state index in [1.165, 1.54) is 0 Å². The van der Waals surface area contributed by atoms with E-state index < -0.39 is 0 Å². The van der Waals surface area contributed by atoms with E-state index in [2.05, 4.69) is 31.2 Å². The minimum Gasteiger partial charge on any atom is -0.380 e. The van der Waals surface area contributed by atoms with Crippen LogP contribution in [-0.4, -0.2) is 22.6 Å². The largest absolute Gasteiger partial charge is 0.380 e. The van der Waals surface area contributed by atoms with E-state index in [-0.39, 0.29) is 12.1 Å². The van der Waals surface area contributed by atoms with Gasteiger partial charge < -0.3 is 15.8 Å². The quantitative estimate of drug-likeness (QED) is 0.550. The summed E-state index contributed by atoms with van der Waals surface area (Å²) in [7, 11) is 0. The molecule has 2 atom stereocenters. The minimum absolute atomic E-state index is 0.00295. The molecule has 1 aliphatic rings. The van der Waals surface area contributed by atoms with Crippen LogP contribution in [0.3, 0.4) is 0 Å². The molecule has 1 aliphatic heterocycles. The van der Waals surface area contributed by atoms with E-state index in [4.69, 9.17) is 22.1 Å². The van der Waals surface area contributed by atoms with E-state index in [0.29, 0.717) is 11.7 Å². The first-order valence-corrected chi connectivity index (χ1v) is 10.4. The van der Waals surface area contributed by atoms with Gasteiger partial charge in [-0.1, -0.05) is 11.6 Å². The summed E-state index contributed by atoms with van der Waals surface area (Å²) in [5.74, 6) is 0. The van der Waals surface area contributed by atoms with Crippen LogP contribution in [0, 0.1) is 0 Å². The second-order valence-electron chi connectivity index (χ2n) is 6.26. The molecule has 0 unspecified atom stereocenters. The average Bonchev–Trinajstić information content (AvgIpc) is 2.98. The van der Waals surface area contributed by atoms with Crippen LogP contribution in [0.2, 0.25) is 5.15 Å². The van der Waals surface area contributed by atoms with Crippen molar-refractivity contribution in [2.45, 2.75) is 31.5 Å². The Morgan fingerprint density at radius 1 is 1.38 bits per heavy atom. The second kappa shape index (κ2) is 7.78. The maximum atomic E-state index is 6.30. The highest BCUT2D eigenvalue weighted by Gasteiger charge is 2.29. The molecule has 5 nitrogen and oxygen atoms in total. The average molecular weight is 454 g/mol. The van der Waals surface area contributed by atoms with Gasteiger partial charge in [0, 0.05) is 37.7 Å². The van der Waals surface area contributed by atoms with Crippen LogP contribution >= 0.6 is 38.9 Å². The van der Waals surface area contributed by atoms with Crippen LogP contribution in [0.15, 0.2) is 35.1 Å². The Kier molecular flexibility index (Phi) is 5.42. The van der Waals surface area contributed by atoms with Crippen LogP contribution < -0.4 is 11.1 Å². The third-order valence-electron chi connectivity index (χ3n) is 4.44. The summed E-state index contributed by atoms with van der Waals surface area (Å²) < 4.78 is 7.93. The number of hydrogen-bond donors (Lipinski definition) is 2. The minimum atomic E-state index is -0.107. The lowest BCUT2D eigenvalue weighted by Gasteiger charge is -2.28. The van der Waals surface area contributed by atoms with Gasteiger partial charge in [0.2, 0.25) is 0 Å². The molecule has 26 heavy (non-hydrogen) atoms. The molecule has 3 aromatic heterocycles. The number of nitrogens with one attached hydrogen (secondary N) is 1. The van der Waals surface area contributed by atoms with Crippen molar-refractivity contribution in [3.63, 3.8) is 0 Å². The standard InChI is InChI=1S/C18H18BrClN4OS/c19-14-15-17(26-18(14)16-11(21)2-1-7-25-16)12(8-13(20)24-15)23-9-10-3-5-22-6-4-10/h3-6,8,11,16H,1-2,7,9,21H2,(H,23,24)/t11-,16-/m0/s1. The van der Waals surface area contributed by atoms with Gasteiger partial charge in [-0.2, -0.15) is 0 Å². The molecule has 136 valence electrons. The molecule has 4 rings (SSSR count). The summed E-state index contributed by atoms with van der Waals surface area (Å²) in [5.41, 5.74) is 9.25. The van der Waals surface area contributed by atoms with Crippen LogP contribution in [0.4, 0.5) is 5.69 Å². The van der Waals surface area contributed by atoms with E-state index in [1.807, 2.05) is 18.2 Å². The van der Waals surface area contributed by atoms with Crippen molar-refractivity contribution in [3.8, 4) is 0 Å². The molecule has 3 aromatic rings. The lowest BCUT2D eigenvalue weighted by atomic mass is 10.0. The van der Waals surface area contributed by atoms with Gasteiger partial charge in [0.15, 0.2) is 0 Å². The molecule has 0 saturated carbocycles. The fourth-order valence-corrected chi connectivity index (χ4v) is 5.44. The summed E-state index contributed by atoms with van der Waals surface area (Å²) in [6.07, 6.45) is 5.43. The molecular weight excluding hydrogens is 436 g/mol. The second-order valence-corrected chi connectivity index (χ2v) is 8.49. The van der Waals surface area contributed by atoms with Gasteiger partial charge >= 0.3 is 0 Å². The van der Waals surface area contributed by atoms with E-state index in [0.717, 1.165) is 50.3 Å². The number of nitrogens with two attached hydrogens (primary N) is 1. The van der Waals surface area contributed by atoms with Crippen LogP contribution in [0.1, 0.15) is 29.4 Å². The summed E-state index contributed by atoms with van der Waals surface area (Å²) in [5, 5.41) is 3.92. The number of hydrogen-bond acceptors (Lipinski definition) is 6. The van der Waals surface area contributed by atoms with Gasteiger partial charge in [-0.25, -0.2) is 4.98 Å². The number of nitrogens with zero attached hydrogens (tertiary/aromatic N) is 2. The molecule has 1 fully saturated rings. The zero-order valence-corrected chi connectivity index (χ0v) is 17.1. The zero-order chi connectivity index (χ0) is 18.1. The van der Waals surface area contributed by atoms with Crippen molar-refractivity contribution in [2.24, 2.45) is 5.73 Å². The highest BCUT2D eigenvalue weighted by molar-refractivity contribution is 9.10. The first-order valence-electron chi connectivity index (χ1n) is 8.42. The molecule has 4 heterocycles. The summed E-state index contributed by atoms with van der Waals surface area (Å²) in [6, 6.07) is 5.83. The van der Waals surface area contributed by atoms with Crippen LogP contribution in [-0.2, 0) is 11.3 Å². The number of aromatic nitrogens is 2. The Morgan fingerprint density at radius 2 is 2.19 bits per heavy atom. The van der Waals surface area contributed by atoms with Crippen molar-refractivity contribution in [3.05, 3.63) is 50.7 Å². The predicted molar refractivity (Wildman–Crippen MR) is 110 cm³/mol. The van der Waals surface area contributed by atoms with Gasteiger partial charge in [0.25, 0.3) is 0 Å². The first kappa shape index (κ1) is 18.1. The topological polar surface area (TPSA) is 73.1 Å². The Labute approximate surface area is 169 Å². The van der Waals surface area contributed by atoms with Crippen LogP contribution in [0.25, 0.3) is 10.2 Å². The predicted octanol–water partition coefficient (Wildman–Crippen LogP) is 4.90. The van der Waals surface area contributed by atoms with Crippen molar-refractivity contribution in [1.82, 2.24) is 9.97 Å². The summed E-state index contributed by atoms with van der Waals surface area (Å²) in [4.78, 5) is 9.64. The number of rotatable bonds is 4. The van der Waals surface area contributed by atoms with Crippen molar-refractivity contribution in [1.29, 1.82) is 0 Å². The van der Waals surface area contributed by atoms with Crippen molar-refractivity contribution < 1.29 is 4.74 Å². The number of thiophene rings is 1. The van der Waals surface area contributed by atoms with Crippen LogP contribution in [0.5, 0.6) is 0 Å². The van der Waals surface area contributed by atoms with Gasteiger partial charge in [-0.15, -0.1) is 11.3 Å². The fourth-order valence-electron chi connectivity index (χ4n) is 3.11. The Bertz CT molecular complexity index is 920.